The maximum atomic E-state index is 13.0. The van der Waals surface area contributed by atoms with Gasteiger partial charge < -0.3 is 10.2 Å². The molecule has 1 aromatic carbocycles. The second kappa shape index (κ2) is 7.02. The van der Waals surface area contributed by atoms with E-state index in [0.717, 1.165) is 19.3 Å². The lowest BCUT2D eigenvalue weighted by atomic mass is 9.93. The van der Waals surface area contributed by atoms with Crippen molar-refractivity contribution in [3.05, 3.63) is 42.2 Å². The van der Waals surface area contributed by atoms with Crippen molar-refractivity contribution < 1.29 is 14.0 Å². The molecule has 0 heterocycles. The van der Waals surface area contributed by atoms with E-state index in [9.17, 15) is 14.0 Å². The van der Waals surface area contributed by atoms with Crippen LogP contribution in [0.25, 0.3) is 0 Å². The number of anilines is 1. The first-order chi connectivity index (χ1) is 10.1. The van der Waals surface area contributed by atoms with Gasteiger partial charge in [0.15, 0.2) is 0 Å². The Kier molecular flexibility index (Phi) is 5.09. The zero-order valence-electron chi connectivity index (χ0n) is 12.0. The molecule has 0 saturated heterocycles. The van der Waals surface area contributed by atoms with E-state index < -0.39 is 5.82 Å². The Hall–Kier alpha value is -2.17. The van der Waals surface area contributed by atoms with Crippen molar-refractivity contribution in [2.45, 2.75) is 19.3 Å². The lowest BCUT2D eigenvalue weighted by Gasteiger charge is -2.24. The first kappa shape index (κ1) is 15.2. The molecule has 2 amide bonds. The van der Waals surface area contributed by atoms with Crippen LogP contribution >= 0.6 is 0 Å². The summed E-state index contributed by atoms with van der Waals surface area (Å²) in [4.78, 5) is 25.5. The summed E-state index contributed by atoms with van der Waals surface area (Å²) >= 11 is 0. The Morgan fingerprint density at radius 2 is 2.19 bits per heavy atom. The fourth-order valence-corrected chi connectivity index (χ4v) is 2.39. The SMILES string of the molecule is CN(CC(=O)Nc1cccc(F)c1)C(=O)[C@@H]1CC=CCC1. The van der Waals surface area contributed by atoms with Crippen molar-refractivity contribution >= 4 is 17.5 Å². The molecule has 0 spiro atoms. The summed E-state index contributed by atoms with van der Waals surface area (Å²) in [5.41, 5.74) is 0.390. The number of nitrogens with one attached hydrogen (secondary N) is 1. The van der Waals surface area contributed by atoms with E-state index in [-0.39, 0.29) is 24.3 Å². The Balaban J connectivity index is 1.86. The number of benzene rings is 1. The zero-order chi connectivity index (χ0) is 15.2. The average molecular weight is 290 g/mol. The van der Waals surface area contributed by atoms with Gasteiger partial charge in [-0.25, -0.2) is 4.39 Å². The highest BCUT2D eigenvalue weighted by Gasteiger charge is 2.23. The van der Waals surface area contributed by atoms with Crippen LogP contribution in [0.15, 0.2) is 36.4 Å². The minimum absolute atomic E-state index is 0.0197. The van der Waals surface area contributed by atoms with Crippen LogP contribution in [0, 0.1) is 11.7 Å². The molecule has 0 radical (unpaired) electrons. The Morgan fingerprint density at radius 1 is 1.38 bits per heavy atom. The van der Waals surface area contributed by atoms with Crippen LogP contribution in [0.3, 0.4) is 0 Å². The number of rotatable bonds is 4. The average Bonchev–Trinajstić information content (AvgIpc) is 2.47. The molecule has 4 nitrogen and oxygen atoms in total. The summed E-state index contributed by atoms with van der Waals surface area (Å²) in [5.74, 6) is -0.801. The van der Waals surface area contributed by atoms with Crippen LogP contribution in [-0.2, 0) is 9.59 Å². The fourth-order valence-electron chi connectivity index (χ4n) is 2.39. The predicted molar refractivity (Wildman–Crippen MR) is 79.1 cm³/mol. The number of allylic oxidation sites excluding steroid dienone is 2. The van der Waals surface area contributed by atoms with Crippen molar-refractivity contribution in [1.82, 2.24) is 4.90 Å². The molecule has 0 saturated carbocycles. The molecule has 1 N–H and O–H groups in total. The van der Waals surface area contributed by atoms with Crippen molar-refractivity contribution in [2.24, 2.45) is 5.92 Å². The molecule has 1 aromatic rings. The number of carbonyl (C=O) groups is 2. The van der Waals surface area contributed by atoms with Gasteiger partial charge in [-0.2, -0.15) is 0 Å². The Bertz CT molecular complexity index is 557. The fraction of sp³-hybridized carbons (Fsp3) is 0.375. The minimum Gasteiger partial charge on any atom is -0.336 e. The molecular formula is C16H19FN2O2. The number of hydrogen-bond acceptors (Lipinski definition) is 2. The summed E-state index contributed by atoms with van der Waals surface area (Å²) in [6, 6.07) is 5.68. The van der Waals surface area contributed by atoms with E-state index in [4.69, 9.17) is 0 Å². The van der Waals surface area contributed by atoms with Gasteiger partial charge in [0.25, 0.3) is 0 Å². The molecule has 21 heavy (non-hydrogen) atoms. The summed E-state index contributed by atoms with van der Waals surface area (Å²) < 4.78 is 13.0. The summed E-state index contributed by atoms with van der Waals surface area (Å²) in [6.07, 6.45) is 6.53. The number of halogens is 1. The summed E-state index contributed by atoms with van der Waals surface area (Å²) in [6.45, 7) is -0.0322. The molecule has 0 aliphatic heterocycles. The van der Waals surface area contributed by atoms with Crippen LogP contribution in [0.1, 0.15) is 19.3 Å². The highest BCUT2D eigenvalue weighted by atomic mass is 19.1. The van der Waals surface area contributed by atoms with Crippen molar-refractivity contribution in [1.29, 1.82) is 0 Å². The van der Waals surface area contributed by atoms with Gasteiger partial charge in [-0.05, 0) is 37.5 Å². The van der Waals surface area contributed by atoms with Crippen LogP contribution in [0.4, 0.5) is 10.1 Å². The van der Waals surface area contributed by atoms with Crippen LogP contribution < -0.4 is 5.32 Å². The topological polar surface area (TPSA) is 49.4 Å². The van der Waals surface area contributed by atoms with Gasteiger partial charge in [0, 0.05) is 18.7 Å². The molecule has 0 fully saturated rings. The van der Waals surface area contributed by atoms with Crippen LogP contribution in [0.2, 0.25) is 0 Å². The monoisotopic (exact) mass is 290 g/mol. The quantitative estimate of drug-likeness (QED) is 0.866. The molecule has 2 rings (SSSR count). The third kappa shape index (κ3) is 4.41. The lowest BCUT2D eigenvalue weighted by Crippen LogP contribution is -2.38. The van der Waals surface area contributed by atoms with E-state index >= 15 is 0 Å². The van der Waals surface area contributed by atoms with E-state index in [1.54, 1.807) is 13.1 Å². The first-order valence-electron chi connectivity index (χ1n) is 7.01. The van der Waals surface area contributed by atoms with E-state index in [1.807, 2.05) is 6.08 Å². The third-order valence-electron chi connectivity index (χ3n) is 3.48. The number of carbonyl (C=O) groups excluding carboxylic acids is 2. The lowest BCUT2D eigenvalue weighted by molar-refractivity contribution is -0.137. The van der Waals surface area contributed by atoms with Gasteiger partial charge >= 0.3 is 0 Å². The van der Waals surface area contributed by atoms with Crippen molar-refractivity contribution in [3.8, 4) is 0 Å². The summed E-state index contributed by atoms with van der Waals surface area (Å²) in [5, 5.41) is 2.58. The van der Waals surface area contributed by atoms with Gasteiger partial charge in [-0.1, -0.05) is 18.2 Å². The largest absolute Gasteiger partial charge is 0.336 e. The molecule has 112 valence electrons. The van der Waals surface area contributed by atoms with Crippen molar-refractivity contribution in [2.75, 3.05) is 18.9 Å². The van der Waals surface area contributed by atoms with Gasteiger partial charge in [-0.15, -0.1) is 0 Å². The maximum absolute atomic E-state index is 13.0. The number of likely N-dealkylation sites (N-methyl/N-ethyl adjacent to an activating group) is 1. The smallest absolute Gasteiger partial charge is 0.243 e. The van der Waals surface area contributed by atoms with Gasteiger partial charge in [0.1, 0.15) is 5.82 Å². The van der Waals surface area contributed by atoms with Crippen LogP contribution in [-0.4, -0.2) is 30.3 Å². The van der Waals surface area contributed by atoms with E-state index in [1.165, 1.54) is 23.1 Å². The molecule has 0 bridgehead atoms. The third-order valence-corrected chi connectivity index (χ3v) is 3.48. The van der Waals surface area contributed by atoms with E-state index in [2.05, 4.69) is 11.4 Å². The molecule has 1 aliphatic carbocycles. The second-order valence-electron chi connectivity index (χ2n) is 5.23. The van der Waals surface area contributed by atoms with Gasteiger partial charge in [0.2, 0.25) is 11.8 Å². The normalized spacial score (nSPS) is 17.3. The molecule has 0 aromatic heterocycles. The Labute approximate surface area is 123 Å². The van der Waals surface area contributed by atoms with Crippen molar-refractivity contribution in [3.63, 3.8) is 0 Å². The number of amides is 2. The zero-order valence-corrected chi connectivity index (χ0v) is 12.0. The molecule has 5 heteroatoms. The molecule has 1 aliphatic rings. The molecular weight excluding hydrogens is 271 g/mol. The number of nitrogens with zero attached hydrogens (tertiary/aromatic N) is 1. The maximum Gasteiger partial charge on any atom is 0.243 e. The second-order valence-corrected chi connectivity index (χ2v) is 5.23. The molecule has 1 atom stereocenters. The standard InChI is InChI=1S/C16H19FN2O2/c1-19(16(21)12-6-3-2-4-7-12)11-15(20)18-14-9-5-8-13(17)10-14/h2-3,5,8-10,12H,4,6-7,11H2,1H3,(H,18,20)/t12-/m1/s1. The summed E-state index contributed by atoms with van der Waals surface area (Å²) in [7, 11) is 1.62. The predicted octanol–water partition coefficient (Wildman–Crippen LogP) is 2.58. The van der Waals surface area contributed by atoms with E-state index in [0.29, 0.717) is 5.69 Å². The van der Waals surface area contributed by atoms with Gasteiger partial charge in [-0.3, -0.25) is 9.59 Å². The van der Waals surface area contributed by atoms with Crippen LogP contribution in [0.5, 0.6) is 0 Å². The Morgan fingerprint density at radius 3 is 2.86 bits per heavy atom. The highest BCUT2D eigenvalue weighted by Crippen LogP contribution is 2.20. The highest BCUT2D eigenvalue weighted by molar-refractivity contribution is 5.94. The number of hydrogen-bond donors (Lipinski definition) is 1. The molecule has 0 unspecified atom stereocenters. The minimum atomic E-state index is -0.411. The first-order valence-corrected chi connectivity index (χ1v) is 7.01. The van der Waals surface area contributed by atoms with Gasteiger partial charge in [0.05, 0.1) is 6.54 Å².